The van der Waals surface area contributed by atoms with Crippen LogP contribution in [0.3, 0.4) is 0 Å². The summed E-state index contributed by atoms with van der Waals surface area (Å²) in [4.78, 5) is 0. The lowest BCUT2D eigenvalue weighted by molar-refractivity contribution is 0.143. The van der Waals surface area contributed by atoms with Gasteiger partial charge in [0.05, 0.1) is 11.9 Å². The summed E-state index contributed by atoms with van der Waals surface area (Å²) >= 11 is 0. The largest absolute Gasteiger partial charge is 0.396 e. The summed E-state index contributed by atoms with van der Waals surface area (Å²) in [5.74, 6) is 0.213. The Labute approximate surface area is 83.5 Å². The zero-order valence-electron chi connectivity index (χ0n) is 7.51. The van der Waals surface area contributed by atoms with E-state index in [1.165, 1.54) is 12.3 Å². The fraction of sp³-hybridized carbons (Fsp3) is 0.125. The summed E-state index contributed by atoms with van der Waals surface area (Å²) in [6, 6.07) is 3.10. The van der Waals surface area contributed by atoms with Crippen LogP contribution in [-0.4, -0.2) is 20.0 Å². The van der Waals surface area contributed by atoms with Crippen LogP contribution in [0.25, 0.3) is 5.82 Å². The quantitative estimate of drug-likeness (QED) is 0.809. The van der Waals surface area contributed by atoms with E-state index in [0.29, 0.717) is 0 Å². The third-order valence-corrected chi connectivity index (χ3v) is 1.82. The maximum Gasteiger partial charge on any atom is 0.282 e. The Hall–Kier alpha value is -2.05. The number of nitrogens with two attached hydrogens (primary N) is 1. The molecule has 0 spiro atoms. The average molecular weight is 211 g/mol. The molecule has 2 heterocycles. The van der Waals surface area contributed by atoms with E-state index < -0.39 is 6.43 Å². The highest BCUT2D eigenvalue weighted by Gasteiger charge is 2.19. The summed E-state index contributed by atoms with van der Waals surface area (Å²) in [6.45, 7) is 0. The van der Waals surface area contributed by atoms with Gasteiger partial charge in [-0.15, -0.1) is 5.10 Å². The normalized spacial score (nSPS) is 10.9. The van der Waals surface area contributed by atoms with Crippen LogP contribution < -0.4 is 5.73 Å². The van der Waals surface area contributed by atoms with Crippen molar-refractivity contribution in [2.75, 3.05) is 5.73 Å². The van der Waals surface area contributed by atoms with E-state index in [0.717, 1.165) is 10.9 Å². The molecule has 0 bridgehead atoms. The lowest BCUT2D eigenvalue weighted by Gasteiger charge is -2.04. The molecule has 0 aliphatic heterocycles. The van der Waals surface area contributed by atoms with Crippen molar-refractivity contribution >= 4 is 5.69 Å². The van der Waals surface area contributed by atoms with Crippen molar-refractivity contribution in [2.24, 2.45) is 0 Å². The van der Waals surface area contributed by atoms with Gasteiger partial charge in [-0.3, -0.25) is 0 Å². The molecule has 0 aromatic carbocycles. The lowest BCUT2D eigenvalue weighted by Crippen LogP contribution is -2.06. The fourth-order valence-electron chi connectivity index (χ4n) is 1.18. The predicted octanol–water partition coefficient (Wildman–Crippen LogP) is 1.18. The van der Waals surface area contributed by atoms with Crippen molar-refractivity contribution in [3.63, 3.8) is 0 Å². The Morgan fingerprint density at radius 2 is 2.20 bits per heavy atom. The molecule has 2 N–H and O–H groups in total. The van der Waals surface area contributed by atoms with E-state index in [2.05, 4.69) is 15.3 Å². The molecule has 15 heavy (non-hydrogen) atoms. The molecule has 0 fully saturated rings. The molecule has 0 radical (unpaired) electrons. The molecule has 0 unspecified atom stereocenters. The zero-order chi connectivity index (χ0) is 10.8. The van der Waals surface area contributed by atoms with Crippen molar-refractivity contribution in [1.29, 1.82) is 0 Å². The first kappa shape index (κ1) is 9.50. The maximum atomic E-state index is 12.6. The van der Waals surface area contributed by atoms with Crippen LogP contribution in [-0.2, 0) is 0 Å². The van der Waals surface area contributed by atoms with Gasteiger partial charge in [0.1, 0.15) is 5.69 Å². The van der Waals surface area contributed by atoms with Crippen LogP contribution in [0.4, 0.5) is 14.5 Å². The first-order valence-corrected chi connectivity index (χ1v) is 4.10. The lowest BCUT2D eigenvalue weighted by atomic mass is 10.4. The minimum absolute atomic E-state index is 0.0596. The smallest absolute Gasteiger partial charge is 0.282 e. The molecule has 7 heteroatoms. The van der Waals surface area contributed by atoms with Crippen LogP contribution >= 0.6 is 0 Å². The topological polar surface area (TPSA) is 69.6 Å². The molecule has 2 aromatic rings. The summed E-state index contributed by atoms with van der Waals surface area (Å²) < 4.78 is 26.2. The van der Waals surface area contributed by atoms with Gasteiger partial charge in [-0.05, 0) is 12.1 Å². The van der Waals surface area contributed by atoms with Crippen LogP contribution in [0.15, 0.2) is 24.5 Å². The first-order chi connectivity index (χ1) is 7.20. The monoisotopic (exact) mass is 211 g/mol. The van der Waals surface area contributed by atoms with E-state index >= 15 is 0 Å². The summed E-state index contributed by atoms with van der Waals surface area (Å²) in [5, 5.41) is 11.0. The first-order valence-electron chi connectivity index (χ1n) is 4.10. The number of nitrogen functional groups attached to an aromatic ring is 1. The van der Waals surface area contributed by atoms with E-state index in [1.54, 1.807) is 6.07 Å². The van der Waals surface area contributed by atoms with Crippen molar-refractivity contribution < 1.29 is 8.78 Å². The number of aromatic nitrogens is 4. The highest BCUT2D eigenvalue weighted by atomic mass is 19.3. The van der Waals surface area contributed by atoms with Crippen LogP contribution in [0.1, 0.15) is 12.1 Å². The second-order valence-corrected chi connectivity index (χ2v) is 2.78. The number of alkyl halides is 2. The van der Waals surface area contributed by atoms with Gasteiger partial charge in [-0.25, -0.2) is 13.5 Å². The molecular formula is C8H7F2N5. The number of hydrogen-bond donors (Lipinski definition) is 1. The highest BCUT2D eigenvalue weighted by molar-refractivity contribution is 5.44. The summed E-state index contributed by atoms with van der Waals surface area (Å²) in [5.41, 5.74) is 4.94. The molecule has 78 valence electrons. The second-order valence-electron chi connectivity index (χ2n) is 2.78. The third-order valence-electron chi connectivity index (χ3n) is 1.82. The van der Waals surface area contributed by atoms with Gasteiger partial charge < -0.3 is 5.73 Å². The van der Waals surface area contributed by atoms with E-state index in [1.807, 2.05) is 0 Å². The molecule has 0 amide bonds. The minimum atomic E-state index is -2.70. The Morgan fingerprint density at radius 1 is 1.40 bits per heavy atom. The van der Waals surface area contributed by atoms with Gasteiger partial charge in [0.15, 0.2) is 5.82 Å². The van der Waals surface area contributed by atoms with Gasteiger partial charge in [0.2, 0.25) is 0 Å². The van der Waals surface area contributed by atoms with Crippen molar-refractivity contribution in [3.8, 4) is 5.82 Å². The molecule has 2 aromatic heterocycles. The molecule has 0 aliphatic rings. The number of nitrogens with zero attached hydrogens (tertiary/aromatic N) is 4. The number of halogens is 2. The van der Waals surface area contributed by atoms with Crippen molar-refractivity contribution in [1.82, 2.24) is 20.0 Å². The van der Waals surface area contributed by atoms with Crippen molar-refractivity contribution in [3.05, 3.63) is 30.2 Å². The minimum Gasteiger partial charge on any atom is -0.396 e. The molecule has 2 rings (SSSR count). The van der Waals surface area contributed by atoms with Gasteiger partial charge in [0, 0.05) is 6.20 Å². The van der Waals surface area contributed by atoms with E-state index in [-0.39, 0.29) is 17.2 Å². The Kier molecular flexibility index (Phi) is 2.28. The average Bonchev–Trinajstić information content (AvgIpc) is 2.61. The highest BCUT2D eigenvalue weighted by Crippen LogP contribution is 2.26. The molecule has 0 atom stereocenters. The molecule has 0 saturated heterocycles. The Bertz CT molecular complexity index is 453. The molecule has 0 saturated carbocycles. The van der Waals surface area contributed by atoms with Crippen LogP contribution in [0.5, 0.6) is 0 Å². The predicted molar refractivity (Wildman–Crippen MR) is 48.5 cm³/mol. The van der Waals surface area contributed by atoms with Crippen LogP contribution in [0, 0.1) is 0 Å². The third kappa shape index (κ3) is 1.63. The van der Waals surface area contributed by atoms with Crippen molar-refractivity contribution in [2.45, 2.75) is 6.43 Å². The van der Waals surface area contributed by atoms with Crippen LogP contribution in [0.2, 0.25) is 0 Å². The Morgan fingerprint density at radius 3 is 2.80 bits per heavy atom. The molecular weight excluding hydrogens is 204 g/mol. The fourth-order valence-corrected chi connectivity index (χ4v) is 1.18. The maximum absolute atomic E-state index is 12.6. The zero-order valence-corrected chi connectivity index (χ0v) is 7.51. The summed E-state index contributed by atoms with van der Waals surface area (Å²) in [7, 11) is 0. The SMILES string of the molecule is Nc1cnn(-c2cccnn2)c1C(F)F. The number of hydrogen-bond acceptors (Lipinski definition) is 4. The van der Waals surface area contributed by atoms with Gasteiger partial charge in [-0.1, -0.05) is 0 Å². The standard InChI is InChI=1S/C8H7F2N5/c9-8(10)7-5(11)4-13-15(7)6-2-1-3-12-14-6/h1-4,8H,11H2. The van der Waals surface area contributed by atoms with Gasteiger partial charge >= 0.3 is 0 Å². The molecule has 0 aliphatic carbocycles. The molecule has 5 nitrogen and oxygen atoms in total. The summed E-state index contributed by atoms with van der Waals surface area (Å²) in [6.07, 6.45) is -0.0938. The Balaban J connectivity index is 2.54. The van der Waals surface area contributed by atoms with Gasteiger partial charge in [0.25, 0.3) is 6.43 Å². The number of anilines is 1. The van der Waals surface area contributed by atoms with Gasteiger partial charge in [-0.2, -0.15) is 10.2 Å². The number of rotatable bonds is 2. The van der Waals surface area contributed by atoms with E-state index in [9.17, 15) is 8.78 Å². The van der Waals surface area contributed by atoms with E-state index in [4.69, 9.17) is 5.73 Å². The second kappa shape index (κ2) is 3.60.